The molecule has 1 aromatic heterocycles. The van der Waals surface area contributed by atoms with Gasteiger partial charge in [-0.2, -0.15) is 5.10 Å². The van der Waals surface area contributed by atoms with E-state index < -0.39 is 0 Å². The van der Waals surface area contributed by atoms with Crippen molar-refractivity contribution in [3.05, 3.63) is 18.0 Å². The molecule has 140 valence electrons. The Morgan fingerprint density at radius 2 is 2.24 bits per heavy atom. The molecule has 0 saturated carbocycles. The van der Waals surface area contributed by atoms with Gasteiger partial charge >= 0.3 is 0 Å². The third kappa shape index (κ3) is 5.26. The molecule has 0 radical (unpaired) electrons. The second-order valence-electron chi connectivity index (χ2n) is 7.20. The summed E-state index contributed by atoms with van der Waals surface area (Å²) in [4.78, 5) is 14.8. The van der Waals surface area contributed by atoms with E-state index in [1.54, 1.807) is 13.3 Å². The van der Waals surface area contributed by atoms with Crippen LogP contribution in [0.1, 0.15) is 42.1 Å². The quantitative estimate of drug-likeness (QED) is 0.765. The van der Waals surface area contributed by atoms with E-state index in [1.807, 2.05) is 10.9 Å². The third-order valence-electron chi connectivity index (χ3n) is 5.38. The number of carbonyl (C=O) groups is 1. The summed E-state index contributed by atoms with van der Waals surface area (Å²) in [7, 11) is 1.75. The highest BCUT2D eigenvalue weighted by atomic mass is 16.5. The predicted molar refractivity (Wildman–Crippen MR) is 96.7 cm³/mol. The fourth-order valence-corrected chi connectivity index (χ4v) is 3.69. The van der Waals surface area contributed by atoms with Crippen molar-refractivity contribution < 1.29 is 9.53 Å². The van der Waals surface area contributed by atoms with E-state index in [0.29, 0.717) is 17.5 Å². The van der Waals surface area contributed by atoms with Gasteiger partial charge in [0, 0.05) is 32.9 Å². The van der Waals surface area contributed by atoms with Gasteiger partial charge in [0.25, 0.3) is 5.91 Å². The number of amides is 1. The number of nitrogens with zero attached hydrogens (tertiary/aromatic N) is 3. The lowest BCUT2D eigenvalue weighted by molar-refractivity contribution is 0.0925. The Morgan fingerprint density at radius 3 is 2.96 bits per heavy atom. The maximum absolute atomic E-state index is 12.4. The first-order valence-corrected chi connectivity index (χ1v) is 9.50. The number of carbonyl (C=O) groups excluding carboxylic acids is 1. The van der Waals surface area contributed by atoms with Crippen LogP contribution in [0.15, 0.2) is 12.4 Å². The van der Waals surface area contributed by atoms with Crippen LogP contribution in [0.25, 0.3) is 0 Å². The van der Waals surface area contributed by atoms with Crippen molar-refractivity contribution in [2.75, 3.05) is 53.0 Å². The Bertz CT molecular complexity index is 533. The van der Waals surface area contributed by atoms with Crippen molar-refractivity contribution >= 4 is 5.91 Å². The van der Waals surface area contributed by atoms with E-state index in [0.717, 1.165) is 71.6 Å². The van der Waals surface area contributed by atoms with Gasteiger partial charge in [-0.3, -0.25) is 9.48 Å². The van der Waals surface area contributed by atoms with Gasteiger partial charge in [-0.05, 0) is 51.2 Å². The summed E-state index contributed by atoms with van der Waals surface area (Å²) >= 11 is 0. The number of hydrogen-bond acceptors (Lipinski definition) is 5. The number of aromatic nitrogens is 2. The molecule has 2 fully saturated rings. The van der Waals surface area contributed by atoms with E-state index in [4.69, 9.17) is 4.74 Å². The maximum atomic E-state index is 12.4. The van der Waals surface area contributed by atoms with Crippen LogP contribution in [0, 0.1) is 5.92 Å². The molecular weight excluding hydrogens is 318 g/mol. The Balaban J connectivity index is 1.40. The Labute approximate surface area is 150 Å². The average molecular weight is 349 g/mol. The summed E-state index contributed by atoms with van der Waals surface area (Å²) < 4.78 is 7.07. The molecule has 0 aromatic carbocycles. The second-order valence-corrected chi connectivity index (χ2v) is 7.20. The van der Waals surface area contributed by atoms with Crippen LogP contribution < -0.4 is 10.6 Å². The van der Waals surface area contributed by atoms with Crippen LogP contribution in [-0.4, -0.2) is 73.6 Å². The number of nitrogens with one attached hydrogen (secondary N) is 2. The van der Waals surface area contributed by atoms with Gasteiger partial charge in [0.2, 0.25) is 0 Å². The zero-order chi connectivity index (χ0) is 17.5. The van der Waals surface area contributed by atoms with E-state index in [1.165, 1.54) is 0 Å². The second kappa shape index (κ2) is 9.31. The largest absolute Gasteiger partial charge is 0.383 e. The lowest BCUT2D eigenvalue weighted by Gasteiger charge is -2.31. The standard InChI is InChI=1S/C18H31N5O2/c1-25-10-9-22-7-4-15(5-8-22)11-20-18(24)16-12-21-23(14-16)17-3-2-6-19-13-17/h12,14-15,17,19H,2-11,13H2,1H3,(H,20,24). The van der Waals surface area contributed by atoms with Gasteiger partial charge in [-0.1, -0.05) is 0 Å². The van der Waals surface area contributed by atoms with Crippen molar-refractivity contribution in [3.63, 3.8) is 0 Å². The minimum Gasteiger partial charge on any atom is -0.383 e. The number of ether oxygens (including phenoxy) is 1. The molecule has 3 rings (SSSR count). The zero-order valence-electron chi connectivity index (χ0n) is 15.2. The van der Waals surface area contributed by atoms with E-state index in [9.17, 15) is 4.79 Å². The topological polar surface area (TPSA) is 71.4 Å². The molecule has 1 amide bonds. The van der Waals surface area contributed by atoms with Crippen molar-refractivity contribution in [2.45, 2.75) is 31.7 Å². The van der Waals surface area contributed by atoms with Gasteiger partial charge < -0.3 is 20.3 Å². The number of hydrogen-bond donors (Lipinski definition) is 2. The summed E-state index contributed by atoms with van der Waals surface area (Å²) in [5.74, 6) is 0.567. The minimum absolute atomic E-state index is 0.00293. The lowest BCUT2D eigenvalue weighted by atomic mass is 9.97. The van der Waals surface area contributed by atoms with Crippen molar-refractivity contribution in [1.82, 2.24) is 25.3 Å². The van der Waals surface area contributed by atoms with Gasteiger partial charge in [-0.15, -0.1) is 0 Å². The average Bonchev–Trinajstić information content (AvgIpc) is 3.16. The van der Waals surface area contributed by atoms with Crippen LogP contribution in [0.2, 0.25) is 0 Å². The summed E-state index contributed by atoms with van der Waals surface area (Å²) in [5.41, 5.74) is 0.670. The van der Waals surface area contributed by atoms with Crippen molar-refractivity contribution in [3.8, 4) is 0 Å². The summed E-state index contributed by atoms with van der Waals surface area (Å²) in [6.07, 6.45) is 8.14. The number of rotatable bonds is 7. The van der Waals surface area contributed by atoms with Crippen LogP contribution in [-0.2, 0) is 4.74 Å². The normalized spacial score (nSPS) is 22.8. The minimum atomic E-state index is -0.00293. The highest BCUT2D eigenvalue weighted by Crippen LogP contribution is 2.17. The molecule has 0 spiro atoms. The molecule has 0 bridgehead atoms. The monoisotopic (exact) mass is 349 g/mol. The molecule has 1 atom stereocenters. The molecule has 3 heterocycles. The summed E-state index contributed by atoms with van der Waals surface area (Å²) in [5, 5.41) is 10.9. The number of piperidine rings is 2. The summed E-state index contributed by atoms with van der Waals surface area (Å²) in [6.45, 7) is 6.76. The maximum Gasteiger partial charge on any atom is 0.254 e. The Kier molecular flexibility index (Phi) is 6.84. The number of likely N-dealkylation sites (tertiary alicyclic amines) is 1. The third-order valence-corrected chi connectivity index (χ3v) is 5.38. The molecule has 2 saturated heterocycles. The predicted octanol–water partition coefficient (Wildman–Crippen LogP) is 0.896. The van der Waals surface area contributed by atoms with E-state index >= 15 is 0 Å². The van der Waals surface area contributed by atoms with E-state index in [-0.39, 0.29) is 5.91 Å². The molecule has 7 nitrogen and oxygen atoms in total. The van der Waals surface area contributed by atoms with Crippen LogP contribution in [0.4, 0.5) is 0 Å². The molecule has 7 heteroatoms. The highest BCUT2D eigenvalue weighted by molar-refractivity contribution is 5.93. The SMILES string of the molecule is COCCN1CCC(CNC(=O)c2cnn(C3CCCNC3)c2)CC1. The highest BCUT2D eigenvalue weighted by Gasteiger charge is 2.21. The van der Waals surface area contributed by atoms with Crippen molar-refractivity contribution in [2.24, 2.45) is 5.92 Å². The zero-order valence-corrected chi connectivity index (χ0v) is 15.2. The molecule has 2 N–H and O–H groups in total. The molecule has 1 unspecified atom stereocenters. The first-order valence-electron chi connectivity index (χ1n) is 9.50. The van der Waals surface area contributed by atoms with Gasteiger partial charge in [0.1, 0.15) is 0 Å². The molecule has 0 aliphatic carbocycles. The van der Waals surface area contributed by atoms with Crippen LogP contribution in [0.3, 0.4) is 0 Å². The molecule has 2 aliphatic rings. The van der Waals surface area contributed by atoms with E-state index in [2.05, 4.69) is 20.6 Å². The first-order chi connectivity index (χ1) is 12.3. The Hall–Kier alpha value is -1.44. The molecule has 2 aliphatic heterocycles. The van der Waals surface area contributed by atoms with Crippen LogP contribution >= 0.6 is 0 Å². The van der Waals surface area contributed by atoms with Crippen LogP contribution in [0.5, 0.6) is 0 Å². The lowest BCUT2D eigenvalue weighted by Crippen LogP contribution is -2.39. The fraction of sp³-hybridized carbons (Fsp3) is 0.778. The summed E-state index contributed by atoms with van der Waals surface area (Å²) in [6, 6.07) is 0.367. The molecular formula is C18H31N5O2. The Morgan fingerprint density at radius 1 is 1.40 bits per heavy atom. The van der Waals surface area contributed by atoms with Gasteiger partial charge in [0.05, 0.1) is 24.4 Å². The van der Waals surface area contributed by atoms with Gasteiger partial charge in [-0.25, -0.2) is 0 Å². The molecule has 1 aromatic rings. The van der Waals surface area contributed by atoms with Crippen molar-refractivity contribution in [1.29, 1.82) is 0 Å². The number of methoxy groups -OCH3 is 1. The molecule has 25 heavy (non-hydrogen) atoms. The smallest absolute Gasteiger partial charge is 0.254 e. The first kappa shape index (κ1) is 18.4. The fourth-order valence-electron chi connectivity index (χ4n) is 3.69. The van der Waals surface area contributed by atoms with Gasteiger partial charge in [0.15, 0.2) is 0 Å².